The van der Waals surface area contributed by atoms with Gasteiger partial charge in [0.15, 0.2) is 0 Å². The molecule has 106 valence electrons. The molecule has 4 heteroatoms. The number of hydrogen-bond acceptors (Lipinski definition) is 3. The van der Waals surface area contributed by atoms with Crippen molar-refractivity contribution in [2.45, 2.75) is 53.6 Å². The maximum absolute atomic E-state index is 12.1. The quantitative estimate of drug-likeness (QED) is 0.877. The highest BCUT2D eigenvalue weighted by Gasteiger charge is 2.22. The number of anilines is 1. The number of pyridine rings is 1. The van der Waals surface area contributed by atoms with E-state index in [1.54, 1.807) is 12.3 Å². The van der Waals surface area contributed by atoms with Gasteiger partial charge in [0.1, 0.15) is 5.82 Å². The fraction of sp³-hybridized carbons (Fsp3) is 0.600. The van der Waals surface area contributed by atoms with Gasteiger partial charge in [0.05, 0.1) is 5.56 Å². The van der Waals surface area contributed by atoms with Crippen LogP contribution in [0, 0.1) is 5.41 Å². The van der Waals surface area contributed by atoms with Gasteiger partial charge < -0.3 is 10.6 Å². The van der Waals surface area contributed by atoms with E-state index < -0.39 is 0 Å². The van der Waals surface area contributed by atoms with E-state index in [-0.39, 0.29) is 17.4 Å². The second-order valence-electron chi connectivity index (χ2n) is 6.29. The van der Waals surface area contributed by atoms with Crippen LogP contribution in [0.5, 0.6) is 0 Å². The standard InChI is InChI=1S/C15H25N3O/c1-10(2)17-13-8-7-12(9-16-13)14(19)18-11(3)15(4,5)6/h7-11H,1-6H3,(H,16,17)(H,18,19)/t11-/m1/s1. The number of carbonyl (C=O) groups is 1. The van der Waals surface area contributed by atoms with Gasteiger partial charge in [-0.3, -0.25) is 4.79 Å². The Hall–Kier alpha value is -1.58. The van der Waals surface area contributed by atoms with Crippen LogP contribution in [-0.2, 0) is 0 Å². The maximum Gasteiger partial charge on any atom is 0.253 e. The first-order chi connectivity index (χ1) is 8.70. The molecule has 4 nitrogen and oxygen atoms in total. The van der Waals surface area contributed by atoms with E-state index in [1.807, 2.05) is 26.8 Å². The van der Waals surface area contributed by atoms with Crippen molar-refractivity contribution in [1.82, 2.24) is 10.3 Å². The molecule has 0 bridgehead atoms. The van der Waals surface area contributed by atoms with Gasteiger partial charge in [0.25, 0.3) is 5.91 Å². The van der Waals surface area contributed by atoms with Gasteiger partial charge in [-0.1, -0.05) is 20.8 Å². The number of rotatable bonds is 4. The zero-order valence-electron chi connectivity index (χ0n) is 12.7. The third-order valence-electron chi connectivity index (χ3n) is 3.11. The first kappa shape index (κ1) is 15.5. The van der Waals surface area contributed by atoms with Crippen molar-refractivity contribution in [3.63, 3.8) is 0 Å². The number of carbonyl (C=O) groups excluding carboxylic acids is 1. The highest BCUT2D eigenvalue weighted by Crippen LogP contribution is 2.19. The second kappa shape index (κ2) is 6.04. The number of nitrogens with zero attached hydrogens (tertiary/aromatic N) is 1. The highest BCUT2D eigenvalue weighted by atomic mass is 16.1. The minimum atomic E-state index is -0.0778. The van der Waals surface area contributed by atoms with Crippen molar-refractivity contribution in [2.24, 2.45) is 5.41 Å². The Balaban J connectivity index is 2.68. The molecule has 0 aliphatic carbocycles. The number of hydrogen-bond donors (Lipinski definition) is 2. The molecule has 0 aromatic carbocycles. The second-order valence-corrected chi connectivity index (χ2v) is 6.29. The molecular weight excluding hydrogens is 238 g/mol. The SMILES string of the molecule is CC(C)Nc1ccc(C(=O)N[C@H](C)C(C)(C)C)cn1. The van der Waals surface area contributed by atoms with Crippen LogP contribution in [-0.4, -0.2) is 23.0 Å². The maximum atomic E-state index is 12.1. The molecule has 1 rings (SSSR count). The lowest BCUT2D eigenvalue weighted by molar-refractivity contribution is 0.0910. The van der Waals surface area contributed by atoms with Gasteiger partial charge >= 0.3 is 0 Å². The lowest BCUT2D eigenvalue weighted by Crippen LogP contribution is -2.41. The van der Waals surface area contributed by atoms with Crippen LogP contribution in [0.25, 0.3) is 0 Å². The topological polar surface area (TPSA) is 54.0 Å². The van der Waals surface area contributed by atoms with Crippen LogP contribution >= 0.6 is 0 Å². The molecule has 2 N–H and O–H groups in total. The van der Waals surface area contributed by atoms with Crippen LogP contribution < -0.4 is 10.6 Å². The summed E-state index contributed by atoms with van der Waals surface area (Å²) in [6.45, 7) is 12.4. The average Bonchev–Trinajstić information content (AvgIpc) is 2.27. The summed E-state index contributed by atoms with van der Waals surface area (Å²) in [6.07, 6.45) is 1.61. The highest BCUT2D eigenvalue weighted by molar-refractivity contribution is 5.94. The van der Waals surface area contributed by atoms with Crippen LogP contribution in [0.15, 0.2) is 18.3 Å². The predicted octanol–water partition coefficient (Wildman–Crippen LogP) is 3.07. The molecule has 1 aromatic heterocycles. The van der Waals surface area contributed by atoms with Gasteiger partial charge in [-0.15, -0.1) is 0 Å². The Morgan fingerprint density at radius 1 is 1.21 bits per heavy atom. The molecule has 0 spiro atoms. The Morgan fingerprint density at radius 3 is 2.26 bits per heavy atom. The Bertz CT molecular complexity index is 418. The lowest BCUT2D eigenvalue weighted by atomic mass is 9.88. The molecule has 0 unspecified atom stereocenters. The summed E-state index contributed by atoms with van der Waals surface area (Å²) in [5.41, 5.74) is 0.632. The molecule has 0 saturated carbocycles. The van der Waals surface area contributed by atoms with E-state index in [0.29, 0.717) is 11.6 Å². The molecule has 0 fully saturated rings. The number of aromatic nitrogens is 1. The van der Waals surface area contributed by atoms with E-state index in [4.69, 9.17) is 0 Å². The van der Waals surface area contributed by atoms with Crippen molar-refractivity contribution in [1.29, 1.82) is 0 Å². The monoisotopic (exact) mass is 263 g/mol. The normalized spacial score (nSPS) is 13.2. The molecule has 1 amide bonds. The van der Waals surface area contributed by atoms with Crippen LogP contribution in [0.2, 0.25) is 0 Å². The third-order valence-corrected chi connectivity index (χ3v) is 3.11. The Labute approximate surface area is 116 Å². The average molecular weight is 263 g/mol. The summed E-state index contributed by atoms with van der Waals surface area (Å²) >= 11 is 0. The van der Waals surface area contributed by atoms with Gasteiger partial charge in [0, 0.05) is 18.3 Å². The molecule has 0 saturated heterocycles. The van der Waals surface area contributed by atoms with Crippen LogP contribution in [0.4, 0.5) is 5.82 Å². The van der Waals surface area contributed by atoms with Gasteiger partial charge in [0.2, 0.25) is 0 Å². The van der Waals surface area contributed by atoms with Crippen molar-refractivity contribution in [2.75, 3.05) is 5.32 Å². The molecule has 1 heterocycles. The van der Waals surface area contributed by atoms with E-state index in [9.17, 15) is 4.79 Å². The smallest absolute Gasteiger partial charge is 0.253 e. The van der Waals surface area contributed by atoms with E-state index >= 15 is 0 Å². The summed E-state index contributed by atoms with van der Waals surface area (Å²) in [5, 5.41) is 6.19. The van der Waals surface area contributed by atoms with Gasteiger partial charge in [-0.05, 0) is 38.3 Å². The van der Waals surface area contributed by atoms with Crippen LogP contribution in [0.1, 0.15) is 51.9 Å². The first-order valence-corrected chi connectivity index (χ1v) is 6.73. The zero-order chi connectivity index (χ0) is 14.6. The van der Waals surface area contributed by atoms with Crippen molar-refractivity contribution >= 4 is 11.7 Å². The lowest BCUT2D eigenvalue weighted by Gasteiger charge is -2.28. The number of amides is 1. The number of nitrogens with one attached hydrogen (secondary N) is 2. The predicted molar refractivity (Wildman–Crippen MR) is 79.4 cm³/mol. The zero-order valence-corrected chi connectivity index (χ0v) is 12.7. The summed E-state index contributed by atoms with van der Waals surface area (Å²) in [6, 6.07) is 4.06. The van der Waals surface area contributed by atoms with Crippen LogP contribution in [0.3, 0.4) is 0 Å². The molecule has 0 aliphatic rings. The summed E-state index contributed by atoms with van der Waals surface area (Å²) in [4.78, 5) is 16.3. The molecule has 19 heavy (non-hydrogen) atoms. The largest absolute Gasteiger partial charge is 0.368 e. The van der Waals surface area contributed by atoms with Gasteiger partial charge in [-0.25, -0.2) is 4.98 Å². The minimum absolute atomic E-state index is 0.0439. The Morgan fingerprint density at radius 2 is 1.84 bits per heavy atom. The van der Waals surface area contributed by atoms with Gasteiger partial charge in [-0.2, -0.15) is 0 Å². The summed E-state index contributed by atoms with van der Waals surface area (Å²) in [5.74, 6) is 0.710. The van der Waals surface area contributed by atoms with Crippen molar-refractivity contribution < 1.29 is 4.79 Å². The van der Waals surface area contributed by atoms with E-state index in [1.165, 1.54) is 0 Å². The van der Waals surface area contributed by atoms with Crippen molar-refractivity contribution in [3.8, 4) is 0 Å². The Kier molecular flexibility index (Phi) is 4.92. The molecule has 0 aliphatic heterocycles. The fourth-order valence-corrected chi connectivity index (χ4v) is 1.41. The summed E-state index contributed by atoms with van der Waals surface area (Å²) < 4.78 is 0. The molecule has 1 aromatic rings. The minimum Gasteiger partial charge on any atom is -0.368 e. The summed E-state index contributed by atoms with van der Waals surface area (Å²) in [7, 11) is 0. The molecular formula is C15H25N3O. The molecule has 0 radical (unpaired) electrons. The third kappa shape index (κ3) is 4.89. The molecule has 1 atom stereocenters. The first-order valence-electron chi connectivity index (χ1n) is 6.73. The van der Waals surface area contributed by atoms with E-state index in [0.717, 1.165) is 5.82 Å². The van der Waals surface area contributed by atoms with Crippen molar-refractivity contribution in [3.05, 3.63) is 23.9 Å². The fourth-order valence-electron chi connectivity index (χ4n) is 1.41. The van der Waals surface area contributed by atoms with E-state index in [2.05, 4.69) is 36.4 Å².